The van der Waals surface area contributed by atoms with Crippen LogP contribution >= 0.6 is 12.2 Å². The topological polar surface area (TPSA) is 79.2 Å². The van der Waals surface area contributed by atoms with Gasteiger partial charge in [-0.05, 0) is 36.3 Å². The SMILES string of the molecule is CCc1ccccc1NC(=S)NNc1cccc([N+](=O)[O-])c1. The molecule has 0 fully saturated rings. The summed E-state index contributed by atoms with van der Waals surface area (Å²) in [5, 5.41) is 14.2. The predicted octanol–water partition coefficient (Wildman–Crippen LogP) is 3.47. The van der Waals surface area contributed by atoms with Crippen molar-refractivity contribution >= 4 is 34.4 Å². The lowest BCUT2D eigenvalue weighted by molar-refractivity contribution is -0.384. The van der Waals surface area contributed by atoms with E-state index in [1.165, 1.54) is 12.1 Å². The fourth-order valence-corrected chi connectivity index (χ4v) is 2.09. The molecule has 0 radical (unpaired) electrons. The summed E-state index contributed by atoms with van der Waals surface area (Å²) in [4.78, 5) is 10.3. The summed E-state index contributed by atoms with van der Waals surface area (Å²) in [6, 6.07) is 14.0. The average Bonchev–Trinajstić information content (AvgIpc) is 2.53. The van der Waals surface area contributed by atoms with E-state index in [0.717, 1.165) is 17.7 Å². The van der Waals surface area contributed by atoms with E-state index >= 15 is 0 Å². The third-order valence-electron chi connectivity index (χ3n) is 3.02. The fraction of sp³-hybridized carbons (Fsp3) is 0.133. The number of anilines is 2. The molecule has 0 unspecified atom stereocenters. The second-order valence-corrected chi connectivity index (χ2v) is 4.93. The van der Waals surface area contributed by atoms with Crippen LogP contribution < -0.4 is 16.2 Å². The van der Waals surface area contributed by atoms with Gasteiger partial charge in [-0.1, -0.05) is 31.2 Å². The van der Waals surface area contributed by atoms with Gasteiger partial charge in [0.2, 0.25) is 0 Å². The number of nitro groups is 1. The summed E-state index contributed by atoms with van der Waals surface area (Å²) >= 11 is 5.21. The van der Waals surface area contributed by atoms with Gasteiger partial charge in [-0.3, -0.25) is 21.0 Å². The lowest BCUT2D eigenvalue weighted by Gasteiger charge is -2.14. The highest BCUT2D eigenvalue weighted by atomic mass is 32.1. The Bertz CT molecular complexity index is 691. The molecule has 114 valence electrons. The second-order valence-electron chi connectivity index (χ2n) is 4.52. The van der Waals surface area contributed by atoms with Gasteiger partial charge in [0.15, 0.2) is 5.11 Å². The van der Waals surface area contributed by atoms with Gasteiger partial charge in [0.05, 0.1) is 10.6 Å². The van der Waals surface area contributed by atoms with Gasteiger partial charge in [0.25, 0.3) is 5.69 Å². The minimum absolute atomic E-state index is 0.0157. The molecule has 0 atom stereocenters. The van der Waals surface area contributed by atoms with Crippen LogP contribution in [0.25, 0.3) is 0 Å². The van der Waals surface area contributed by atoms with Gasteiger partial charge >= 0.3 is 0 Å². The zero-order valence-corrected chi connectivity index (χ0v) is 12.8. The number of aryl methyl sites for hydroxylation is 1. The Labute approximate surface area is 133 Å². The molecular formula is C15H16N4O2S. The molecule has 0 aromatic heterocycles. The van der Waals surface area contributed by atoms with E-state index < -0.39 is 4.92 Å². The second kappa shape index (κ2) is 7.37. The summed E-state index contributed by atoms with van der Waals surface area (Å²) in [6.07, 6.45) is 0.893. The van der Waals surface area contributed by atoms with Gasteiger partial charge in [-0.25, -0.2) is 0 Å². The molecule has 0 aliphatic rings. The third kappa shape index (κ3) is 4.16. The number of hydrogen-bond acceptors (Lipinski definition) is 4. The van der Waals surface area contributed by atoms with Gasteiger partial charge < -0.3 is 5.32 Å². The first kappa shape index (κ1) is 15.7. The van der Waals surface area contributed by atoms with Gasteiger partial charge in [0, 0.05) is 17.8 Å². The van der Waals surface area contributed by atoms with Crippen LogP contribution in [0.1, 0.15) is 12.5 Å². The Balaban J connectivity index is 1.95. The molecule has 22 heavy (non-hydrogen) atoms. The van der Waals surface area contributed by atoms with Gasteiger partial charge in [0.1, 0.15) is 0 Å². The smallest absolute Gasteiger partial charge is 0.271 e. The largest absolute Gasteiger partial charge is 0.331 e. The molecule has 2 aromatic rings. The molecule has 0 saturated carbocycles. The van der Waals surface area contributed by atoms with E-state index in [1.807, 2.05) is 24.3 Å². The van der Waals surface area contributed by atoms with E-state index in [-0.39, 0.29) is 5.69 Å². The van der Waals surface area contributed by atoms with Crippen LogP contribution in [0.5, 0.6) is 0 Å². The first-order valence-electron chi connectivity index (χ1n) is 6.75. The maximum absolute atomic E-state index is 10.7. The van der Waals surface area contributed by atoms with Crippen molar-refractivity contribution in [3.05, 3.63) is 64.2 Å². The number of rotatable bonds is 5. The Hall–Kier alpha value is -2.67. The van der Waals surface area contributed by atoms with Crippen molar-refractivity contribution < 1.29 is 4.92 Å². The van der Waals surface area contributed by atoms with E-state index in [0.29, 0.717) is 10.8 Å². The van der Waals surface area contributed by atoms with Crippen LogP contribution in [-0.2, 0) is 6.42 Å². The van der Waals surface area contributed by atoms with Crippen molar-refractivity contribution in [2.75, 3.05) is 10.7 Å². The molecule has 0 bridgehead atoms. The Morgan fingerprint density at radius 1 is 1.23 bits per heavy atom. The number of hydrazine groups is 1. The van der Waals surface area contributed by atoms with Crippen molar-refractivity contribution in [2.45, 2.75) is 13.3 Å². The Morgan fingerprint density at radius 2 is 2.00 bits per heavy atom. The zero-order valence-electron chi connectivity index (χ0n) is 12.0. The number of benzene rings is 2. The Morgan fingerprint density at radius 3 is 2.73 bits per heavy atom. The first-order chi connectivity index (χ1) is 10.6. The number of para-hydroxylation sites is 1. The minimum Gasteiger partial charge on any atom is -0.331 e. The predicted molar refractivity (Wildman–Crippen MR) is 91.9 cm³/mol. The summed E-state index contributed by atoms with van der Waals surface area (Å²) in [7, 11) is 0. The van der Waals surface area contributed by atoms with Crippen molar-refractivity contribution in [3.8, 4) is 0 Å². The molecule has 6 nitrogen and oxygen atoms in total. The average molecular weight is 316 g/mol. The summed E-state index contributed by atoms with van der Waals surface area (Å²) in [5.41, 5.74) is 8.31. The van der Waals surface area contributed by atoms with E-state index in [2.05, 4.69) is 23.1 Å². The molecule has 0 amide bonds. The summed E-state index contributed by atoms with van der Waals surface area (Å²) in [6.45, 7) is 2.07. The highest BCUT2D eigenvalue weighted by molar-refractivity contribution is 7.80. The van der Waals surface area contributed by atoms with Crippen LogP contribution in [0, 0.1) is 10.1 Å². The number of nitrogens with zero attached hydrogens (tertiary/aromatic N) is 1. The molecule has 2 aromatic carbocycles. The maximum atomic E-state index is 10.7. The molecule has 0 spiro atoms. The van der Waals surface area contributed by atoms with Crippen molar-refractivity contribution in [2.24, 2.45) is 0 Å². The van der Waals surface area contributed by atoms with Crippen LogP contribution in [0.2, 0.25) is 0 Å². The molecule has 0 aliphatic carbocycles. The number of nitro benzene ring substituents is 1. The maximum Gasteiger partial charge on any atom is 0.271 e. The van der Waals surface area contributed by atoms with Gasteiger partial charge in [-0.15, -0.1) is 0 Å². The van der Waals surface area contributed by atoms with Crippen LogP contribution in [-0.4, -0.2) is 10.0 Å². The number of thiocarbonyl (C=S) groups is 1. The molecule has 0 aliphatic heterocycles. The number of non-ortho nitro benzene ring substituents is 1. The van der Waals surface area contributed by atoms with Crippen LogP contribution in [0.3, 0.4) is 0 Å². The summed E-state index contributed by atoms with van der Waals surface area (Å²) < 4.78 is 0. The standard InChI is InChI=1S/C15H16N4O2S/c1-2-11-6-3-4-9-14(11)16-15(22)18-17-12-7-5-8-13(10-12)19(20)21/h3-10,17H,2H2,1H3,(H2,16,18,22). The lowest BCUT2D eigenvalue weighted by atomic mass is 10.1. The van der Waals surface area contributed by atoms with Gasteiger partial charge in [-0.2, -0.15) is 0 Å². The molecule has 0 heterocycles. The lowest BCUT2D eigenvalue weighted by Crippen LogP contribution is -2.33. The van der Waals surface area contributed by atoms with Crippen molar-refractivity contribution in [1.82, 2.24) is 5.43 Å². The van der Waals surface area contributed by atoms with E-state index in [9.17, 15) is 10.1 Å². The molecule has 0 saturated heterocycles. The molecule has 3 N–H and O–H groups in total. The van der Waals surface area contributed by atoms with Crippen LogP contribution in [0.4, 0.5) is 17.1 Å². The monoisotopic (exact) mass is 316 g/mol. The first-order valence-corrected chi connectivity index (χ1v) is 7.16. The van der Waals surface area contributed by atoms with Crippen molar-refractivity contribution in [1.29, 1.82) is 0 Å². The van der Waals surface area contributed by atoms with Crippen molar-refractivity contribution in [3.63, 3.8) is 0 Å². The Kier molecular flexibility index (Phi) is 5.26. The molecular weight excluding hydrogens is 300 g/mol. The highest BCUT2D eigenvalue weighted by Gasteiger charge is 2.06. The third-order valence-corrected chi connectivity index (χ3v) is 3.23. The van der Waals surface area contributed by atoms with E-state index in [1.54, 1.807) is 12.1 Å². The number of hydrogen-bond donors (Lipinski definition) is 3. The van der Waals surface area contributed by atoms with Crippen LogP contribution in [0.15, 0.2) is 48.5 Å². The minimum atomic E-state index is -0.445. The number of nitrogens with one attached hydrogen (secondary N) is 3. The summed E-state index contributed by atoms with van der Waals surface area (Å²) in [5.74, 6) is 0. The molecule has 2 rings (SSSR count). The normalized spacial score (nSPS) is 9.86. The molecule has 7 heteroatoms. The van der Waals surface area contributed by atoms with E-state index in [4.69, 9.17) is 12.2 Å². The fourth-order valence-electron chi connectivity index (χ4n) is 1.93. The highest BCUT2D eigenvalue weighted by Crippen LogP contribution is 2.17. The zero-order chi connectivity index (χ0) is 15.9. The quantitative estimate of drug-likeness (QED) is 0.445.